The summed E-state index contributed by atoms with van der Waals surface area (Å²) < 4.78 is 9.92. The topological polar surface area (TPSA) is 18.5 Å². The summed E-state index contributed by atoms with van der Waals surface area (Å²) in [7, 11) is 3.48. The summed E-state index contributed by atoms with van der Waals surface area (Å²) in [5, 5.41) is 0. The maximum atomic E-state index is 4.99. The molecule has 0 bridgehead atoms. The smallest absolute Gasteiger partial charge is 0.0487 e. The van der Waals surface area contributed by atoms with Crippen LogP contribution in [0.4, 0.5) is 0 Å². The van der Waals surface area contributed by atoms with Gasteiger partial charge in [-0.05, 0) is 18.8 Å². The highest BCUT2D eigenvalue weighted by molar-refractivity contribution is 4.50. The highest BCUT2D eigenvalue weighted by Crippen LogP contribution is 2.04. The van der Waals surface area contributed by atoms with Crippen LogP contribution in [0.15, 0.2) is 0 Å². The van der Waals surface area contributed by atoms with E-state index in [-0.39, 0.29) is 0 Å². The molecule has 0 aliphatic heterocycles. The Balaban J connectivity index is 2.97. The van der Waals surface area contributed by atoms with Crippen molar-refractivity contribution in [2.75, 3.05) is 27.4 Å². The van der Waals surface area contributed by atoms with Crippen LogP contribution in [0, 0.1) is 5.92 Å². The van der Waals surface area contributed by atoms with Crippen LogP contribution in [0.2, 0.25) is 0 Å². The summed E-state index contributed by atoms with van der Waals surface area (Å²) in [5.74, 6) is 0.667. The largest absolute Gasteiger partial charge is 0.385 e. The van der Waals surface area contributed by atoms with E-state index in [2.05, 4.69) is 6.92 Å². The van der Waals surface area contributed by atoms with Crippen LogP contribution in [-0.2, 0) is 9.47 Å². The Bertz CT molecular complexity index is 64.3. The van der Waals surface area contributed by atoms with Crippen molar-refractivity contribution in [1.82, 2.24) is 0 Å². The Morgan fingerprint density at radius 2 is 1.90 bits per heavy atom. The Labute approximate surface area is 63.5 Å². The summed E-state index contributed by atoms with van der Waals surface area (Å²) in [6.45, 7) is 3.93. The fraction of sp³-hybridized carbons (Fsp3) is 1.00. The quantitative estimate of drug-likeness (QED) is 0.531. The number of ether oxygens (including phenoxy) is 2. The second-order valence-corrected chi connectivity index (χ2v) is 2.70. The first-order chi connectivity index (χ1) is 4.81. The van der Waals surface area contributed by atoms with Crippen LogP contribution in [0.25, 0.3) is 0 Å². The van der Waals surface area contributed by atoms with Gasteiger partial charge in [0.05, 0.1) is 0 Å². The lowest BCUT2D eigenvalue weighted by atomic mass is 10.1. The van der Waals surface area contributed by atoms with E-state index < -0.39 is 0 Å². The van der Waals surface area contributed by atoms with Gasteiger partial charge in [-0.25, -0.2) is 0 Å². The van der Waals surface area contributed by atoms with Gasteiger partial charge in [0.1, 0.15) is 0 Å². The van der Waals surface area contributed by atoms with E-state index in [0.717, 1.165) is 19.6 Å². The first kappa shape index (κ1) is 9.92. The molecule has 0 saturated heterocycles. The minimum absolute atomic E-state index is 0.667. The Kier molecular flexibility index (Phi) is 6.98. The lowest BCUT2D eigenvalue weighted by Gasteiger charge is -2.08. The van der Waals surface area contributed by atoms with E-state index in [0.29, 0.717) is 5.92 Å². The first-order valence-corrected chi connectivity index (χ1v) is 3.79. The van der Waals surface area contributed by atoms with Crippen molar-refractivity contribution in [3.05, 3.63) is 0 Å². The fourth-order valence-corrected chi connectivity index (χ4v) is 0.944. The third-order valence-corrected chi connectivity index (χ3v) is 1.50. The van der Waals surface area contributed by atoms with Crippen molar-refractivity contribution in [2.45, 2.75) is 19.8 Å². The number of rotatable bonds is 6. The van der Waals surface area contributed by atoms with Crippen LogP contribution >= 0.6 is 0 Å². The van der Waals surface area contributed by atoms with Gasteiger partial charge in [-0.1, -0.05) is 6.92 Å². The van der Waals surface area contributed by atoms with Gasteiger partial charge in [-0.2, -0.15) is 0 Å². The van der Waals surface area contributed by atoms with Crippen LogP contribution in [0.1, 0.15) is 19.8 Å². The Morgan fingerprint density at radius 3 is 2.40 bits per heavy atom. The lowest BCUT2D eigenvalue weighted by molar-refractivity contribution is 0.141. The average Bonchev–Trinajstić information content (AvgIpc) is 1.89. The predicted molar refractivity (Wildman–Crippen MR) is 42.2 cm³/mol. The average molecular weight is 146 g/mol. The van der Waals surface area contributed by atoms with E-state index in [1.54, 1.807) is 14.2 Å². The molecule has 0 aromatic carbocycles. The molecule has 0 amide bonds. The first-order valence-electron chi connectivity index (χ1n) is 3.79. The molecule has 0 N–H and O–H groups in total. The van der Waals surface area contributed by atoms with E-state index in [9.17, 15) is 0 Å². The molecule has 0 radical (unpaired) electrons. The number of hydrogen-bond acceptors (Lipinski definition) is 2. The molecule has 0 fully saturated rings. The molecule has 10 heavy (non-hydrogen) atoms. The minimum atomic E-state index is 0.667. The van der Waals surface area contributed by atoms with Crippen LogP contribution in [0.5, 0.6) is 0 Å². The summed E-state index contributed by atoms with van der Waals surface area (Å²) in [4.78, 5) is 0. The molecule has 62 valence electrons. The van der Waals surface area contributed by atoms with Gasteiger partial charge in [0.2, 0.25) is 0 Å². The molecule has 0 aliphatic rings. The van der Waals surface area contributed by atoms with Crippen molar-refractivity contribution in [3.8, 4) is 0 Å². The summed E-state index contributed by atoms with van der Waals surface area (Å²) in [6, 6.07) is 0. The standard InChI is InChI=1S/C8H18O2/c1-8(7-10-3)5-4-6-9-2/h8H,4-7H2,1-3H3. The molecule has 2 heteroatoms. The Morgan fingerprint density at radius 1 is 1.20 bits per heavy atom. The second-order valence-electron chi connectivity index (χ2n) is 2.70. The molecular formula is C8H18O2. The summed E-state index contributed by atoms with van der Waals surface area (Å²) >= 11 is 0. The molecule has 0 aromatic heterocycles. The normalized spacial score (nSPS) is 13.5. The molecule has 0 aromatic rings. The third kappa shape index (κ3) is 6.05. The van der Waals surface area contributed by atoms with Crippen molar-refractivity contribution < 1.29 is 9.47 Å². The van der Waals surface area contributed by atoms with Crippen molar-refractivity contribution >= 4 is 0 Å². The molecule has 1 atom stereocenters. The zero-order chi connectivity index (χ0) is 7.82. The van der Waals surface area contributed by atoms with Gasteiger partial charge >= 0.3 is 0 Å². The van der Waals surface area contributed by atoms with Gasteiger partial charge in [-0.15, -0.1) is 0 Å². The molecule has 0 saturated carbocycles. The molecule has 0 heterocycles. The maximum Gasteiger partial charge on any atom is 0.0487 e. The monoisotopic (exact) mass is 146 g/mol. The van der Waals surface area contributed by atoms with Gasteiger partial charge in [0.15, 0.2) is 0 Å². The maximum absolute atomic E-state index is 4.99. The molecular weight excluding hydrogens is 128 g/mol. The van der Waals surface area contributed by atoms with E-state index in [1.165, 1.54) is 6.42 Å². The molecule has 2 nitrogen and oxygen atoms in total. The zero-order valence-electron chi connectivity index (χ0n) is 7.22. The molecule has 0 rings (SSSR count). The highest BCUT2D eigenvalue weighted by Gasteiger charge is 1.99. The predicted octanol–water partition coefficient (Wildman–Crippen LogP) is 1.70. The highest BCUT2D eigenvalue weighted by atomic mass is 16.5. The summed E-state index contributed by atoms with van der Waals surface area (Å²) in [6.07, 6.45) is 2.34. The van der Waals surface area contributed by atoms with E-state index >= 15 is 0 Å². The SMILES string of the molecule is COCCCC(C)COC. The van der Waals surface area contributed by atoms with Gasteiger partial charge < -0.3 is 9.47 Å². The van der Waals surface area contributed by atoms with E-state index in [1.807, 2.05) is 0 Å². The van der Waals surface area contributed by atoms with Crippen LogP contribution < -0.4 is 0 Å². The number of hydrogen-bond donors (Lipinski definition) is 0. The fourth-order valence-electron chi connectivity index (χ4n) is 0.944. The summed E-state index contributed by atoms with van der Waals surface area (Å²) in [5.41, 5.74) is 0. The van der Waals surface area contributed by atoms with Gasteiger partial charge in [-0.3, -0.25) is 0 Å². The van der Waals surface area contributed by atoms with Crippen molar-refractivity contribution in [1.29, 1.82) is 0 Å². The van der Waals surface area contributed by atoms with Gasteiger partial charge in [0.25, 0.3) is 0 Å². The Hall–Kier alpha value is -0.0800. The molecule has 0 spiro atoms. The lowest BCUT2D eigenvalue weighted by Crippen LogP contribution is -2.04. The molecule has 0 aliphatic carbocycles. The van der Waals surface area contributed by atoms with Crippen molar-refractivity contribution in [3.63, 3.8) is 0 Å². The second kappa shape index (κ2) is 7.03. The third-order valence-electron chi connectivity index (χ3n) is 1.50. The molecule has 1 unspecified atom stereocenters. The van der Waals surface area contributed by atoms with Gasteiger partial charge in [0, 0.05) is 27.4 Å². The van der Waals surface area contributed by atoms with E-state index in [4.69, 9.17) is 9.47 Å². The van der Waals surface area contributed by atoms with Crippen molar-refractivity contribution in [2.24, 2.45) is 5.92 Å². The van der Waals surface area contributed by atoms with Crippen LogP contribution in [0.3, 0.4) is 0 Å². The minimum Gasteiger partial charge on any atom is -0.385 e. The zero-order valence-corrected chi connectivity index (χ0v) is 7.22. The van der Waals surface area contributed by atoms with Crippen LogP contribution in [-0.4, -0.2) is 27.4 Å². The number of methoxy groups -OCH3 is 2.